The first-order chi connectivity index (χ1) is 13.1. The van der Waals surface area contributed by atoms with Crippen LogP contribution in [0.5, 0.6) is 0 Å². The van der Waals surface area contributed by atoms with Crippen LogP contribution >= 0.6 is 11.8 Å². The van der Waals surface area contributed by atoms with Gasteiger partial charge in [-0.25, -0.2) is 0 Å². The van der Waals surface area contributed by atoms with E-state index >= 15 is 0 Å². The summed E-state index contributed by atoms with van der Waals surface area (Å²) in [4.78, 5) is 28.3. The van der Waals surface area contributed by atoms with Gasteiger partial charge in [0.25, 0.3) is 5.91 Å². The van der Waals surface area contributed by atoms with Crippen LogP contribution < -0.4 is 10.6 Å². The van der Waals surface area contributed by atoms with Crippen molar-refractivity contribution in [2.45, 2.75) is 29.2 Å². The standard InChI is InChI=1S/C21H23N3O2S/c1-14(25)22-18-4-2-3-5-20(18)27-17-8-6-15(7-9-17)21(26)23-19-13-24-11-10-16(19)12-24/h2-9,16,19H,10-13H2,1H3,(H,22,25)(H,23,26). The SMILES string of the molecule is CC(=O)Nc1ccccc1Sc1ccc(C(=O)NC2CN3CCC2C3)cc1. The van der Waals surface area contributed by atoms with E-state index in [1.54, 1.807) is 11.8 Å². The van der Waals surface area contributed by atoms with Crippen molar-refractivity contribution >= 4 is 29.3 Å². The van der Waals surface area contributed by atoms with Gasteiger partial charge >= 0.3 is 0 Å². The van der Waals surface area contributed by atoms with Gasteiger partial charge in [0.15, 0.2) is 0 Å². The number of rotatable bonds is 5. The van der Waals surface area contributed by atoms with E-state index in [9.17, 15) is 9.59 Å². The lowest BCUT2D eigenvalue weighted by Gasteiger charge is -2.23. The monoisotopic (exact) mass is 381 g/mol. The molecule has 3 atom stereocenters. The number of nitrogens with one attached hydrogen (secondary N) is 2. The topological polar surface area (TPSA) is 61.4 Å². The number of fused-ring (bicyclic) bond motifs is 2. The fraction of sp³-hybridized carbons (Fsp3) is 0.333. The van der Waals surface area contributed by atoms with E-state index in [4.69, 9.17) is 0 Å². The molecule has 2 N–H and O–H groups in total. The summed E-state index contributed by atoms with van der Waals surface area (Å²) in [5, 5.41) is 6.04. The predicted molar refractivity (Wildman–Crippen MR) is 107 cm³/mol. The highest BCUT2D eigenvalue weighted by molar-refractivity contribution is 7.99. The van der Waals surface area contributed by atoms with Gasteiger partial charge in [0, 0.05) is 41.4 Å². The molecule has 0 saturated carbocycles. The Hall–Kier alpha value is -2.31. The molecule has 2 amide bonds. The number of amides is 2. The van der Waals surface area contributed by atoms with Crippen LogP contribution in [0, 0.1) is 5.92 Å². The van der Waals surface area contributed by atoms with Gasteiger partial charge in [0.2, 0.25) is 5.91 Å². The lowest BCUT2D eigenvalue weighted by atomic mass is 9.99. The van der Waals surface area contributed by atoms with Gasteiger partial charge in [-0.3, -0.25) is 9.59 Å². The second kappa shape index (κ2) is 7.74. The summed E-state index contributed by atoms with van der Waals surface area (Å²) in [5.74, 6) is 0.519. The van der Waals surface area contributed by atoms with Gasteiger partial charge in [0.05, 0.1) is 5.69 Å². The number of para-hydroxylation sites is 1. The van der Waals surface area contributed by atoms with Gasteiger partial charge in [-0.1, -0.05) is 23.9 Å². The molecule has 2 aromatic rings. The van der Waals surface area contributed by atoms with Gasteiger partial charge < -0.3 is 15.5 Å². The molecule has 2 bridgehead atoms. The van der Waals surface area contributed by atoms with Crippen molar-refractivity contribution < 1.29 is 9.59 Å². The molecule has 2 aliphatic rings. The number of hydrogen-bond acceptors (Lipinski definition) is 4. The van der Waals surface area contributed by atoms with E-state index in [0.717, 1.165) is 28.6 Å². The van der Waals surface area contributed by atoms with E-state index in [0.29, 0.717) is 11.5 Å². The summed E-state index contributed by atoms with van der Waals surface area (Å²) < 4.78 is 0. The van der Waals surface area contributed by atoms with Crippen LogP contribution in [0.2, 0.25) is 0 Å². The van der Waals surface area contributed by atoms with Crippen LogP contribution in [0.25, 0.3) is 0 Å². The number of piperidine rings is 1. The average molecular weight is 382 g/mol. The second-order valence-electron chi connectivity index (χ2n) is 7.19. The van der Waals surface area contributed by atoms with E-state index in [2.05, 4.69) is 15.5 Å². The highest BCUT2D eigenvalue weighted by atomic mass is 32.2. The maximum absolute atomic E-state index is 12.5. The van der Waals surface area contributed by atoms with Gasteiger partial charge in [-0.05, 0) is 55.3 Å². The summed E-state index contributed by atoms with van der Waals surface area (Å²) in [7, 11) is 0. The third kappa shape index (κ3) is 4.17. The Bertz CT molecular complexity index is 853. The first-order valence-electron chi connectivity index (χ1n) is 9.26. The zero-order valence-corrected chi connectivity index (χ0v) is 16.1. The summed E-state index contributed by atoms with van der Waals surface area (Å²) >= 11 is 1.57. The summed E-state index contributed by atoms with van der Waals surface area (Å²) in [6, 6.07) is 15.6. The minimum absolute atomic E-state index is 0.00365. The van der Waals surface area contributed by atoms with Crippen molar-refractivity contribution in [1.82, 2.24) is 10.2 Å². The summed E-state index contributed by atoms with van der Waals surface area (Å²) in [6.07, 6.45) is 1.19. The Morgan fingerprint density at radius 3 is 2.52 bits per heavy atom. The second-order valence-corrected chi connectivity index (χ2v) is 8.31. The Labute approximate surface area is 163 Å². The minimum atomic E-state index is -0.0907. The molecule has 27 heavy (non-hydrogen) atoms. The molecule has 2 saturated heterocycles. The van der Waals surface area contributed by atoms with E-state index in [1.807, 2.05) is 48.5 Å². The van der Waals surface area contributed by atoms with E-state index in [1.165, 1.54) is 19.9 Å². The number of nitrogens with zero attached hydrogens (tertiary/aromatic N) is 1. The van der Waals surface area contributed by atoms with Crippen molar-refractivity contribution in [3.8, 4) is 0 Å². The number of hydrogen-bond donors (Lipinski definition) is 2. The van der Waals surface area contributed by atoms with Crippen LogP contribution in [-0.4, -0.2) is 42.4 Å². The smallest absolute Gasteiger partial charge is 0.251 e. The molecule has 2 fully saturated rings. The van der Waals surface area contributed by atoms with E-state index in [-0.39, 0.29) is 17.9 Å². The van der Waals surface area contributed by atoms with Crippen LogP contribution in [0.15, 0.2) is 58.3 Å². The average Bonchev–Trinajstić information content (AvgIpc) is 3.26. The number of anilines is 1. The first-order valence-corrected chi connectivity index (χ1v) is 10.1. The van der Waals surface area contributed by atoms with Gasteiger partial charge in [0.1, 0.15) is 0 Å². The van der Waals surface area contributed by atoms with Crippen molar-refractivity contribution in [3.63, 3.8) is 0 Å². The third-order valence-corrected chi connectivity index (χ3v) is 6.28. The Morgan fingerprint density at radius 1 is 1.07 bits per heavy atom. The molecule has 0 aromatic heterocycles. The van der Waals surface area contributed by atoms with Crippen LogP contribution in [-0.2, 0) is 4.79 Å². The molecule has 6 heteroatoms. The molecule has 2 aromatic carbocycles. The molecule has 2 heterocycles. The summed E-state index contributed by atoms with van der Waals surface area (Å²) in [5.41, 5.74) is 1.48. The van der Waals surface area contributed by atoms with E-state index < -0.39 is 0 Å². The van der Waals surface area contributed by atoms with Gasteiger partial charge in [-0.2, -0.15) is 0 Å². The van der Waals surface area contributed by atoms with Crippen LogP contribution in [0.3, 0.4) is 0 Å². The highest BCUT2D eigenvalue weighted by Gasteiger charge is 2.38. The van der Waals surface area contributed by atoms with Crippen LogP contribution in [0.1, 0.15) is 23.7 Å². The molecule has 5 nitrogen and oxygen atoms in total. The lowest BCUT2D eigenvalue weighted by Crippen LogP contribution is -2.43. The maximum Gasteiger partial charge on any atom is 0.251 e. The number of benzene rings is 2. The Balaban J connectivity index is 1.40. The molecular formula is C21H23N3O2S. The van der Waals surface area contributed by atoms with Crippen molar-refractivity contribution in [3.05, 3.63) is 54.1 Å². The van der Waals surface area contributed by atoms with Crippen molar-refractivity contribution in [1.29, 1.82) is 0 Å². The molecule has 3 unspecified atom stereocenters. The maximum atomic E-state index is 12.5. The molecule has 2 aliphatic heterocycles. The van der Waals surface area contributed by atoms with Gasteiger partial charge in [-0.15, -0.1) is 0 Å². The molecule has 0 aliphatic carbocycles. The zero-order chi connectivity index (χ0) is 18.8. The fourth-order valence-corrected chi connectivity index (χ4v) is 4.75. The predicted octanol–water partition coefficient (Wildman–Crippen LogP) is 3.23. The Morgan fingerprint density at radius 2 is 1.85 bits per heavy atom. The quantitative estimate of drug-likeness (QED) is 0.835. The van der Waals surface area contributed by atoms with Crippen LogP contribution in [0.4, 0.5) is 5.69 Å². The van der Waals surface area contributed by atoms with Crippen molar-refractivity contribution in [2.24, 2.45) is 5.92 Å². The summed E-state index contributed by atoms with van der Waals surface area (Å²) in [6.45, 7) is 4.77. The largest absolute Gasteiger partial charge is 0.348 e. The zero-order valence-electron chi connectivity index (χ0n) is 15.3. The first kappa shape index (κ1) is 18.1. The molecule has 0 spiro atoms. The molecule has 140 valence electrons. The molecule has 0 radical (unpaired) electrons. The lowest BCUT2D eigenvalue weighted by molar-refractivity contribution is -0.114. The highest BCUT2D eigenvalue weighted by Crippen LogP contribution is 2.33. The normalized spacial score (nSPS) is 23.2. The molecule has 4 rings (SSSR count). The Kier molecular flexibility index (Phi) is 5.18. The van der Waals surface area contributed by atoms with Crippen molar-refractivity contribution in [2.75, 3.05) is 25.0 Å². The minimum Gasteiger partial charge on any atom is -0.348 e. The third-order valence-electron chi connectivity index (χ3n) is 5.19. The fourth-order valence-electron chi connectivity index (χ4n) is 3.85. The molecular weight excluding hydrogens is 358 g/mol. The number of carbonyl (C=O) groups excluding carboxylic acids is 2. The number of carbonyl (C=O) groups is 2.